The normalized spacial score (nSPS) is 11.6. The third-order valence-corrected chi connectivity index (χ3v) is 5.44. The first kappa shape index (κ1) is 20.3. The van der Waals surface area contributed by atoms with E-state index >= 15 is 0 Å². The number of nitro benzene ring substituents is 1. The highest BCUT2D eigenvalue weighted by Crippen LogP contribution is 2.40. The van der Waals surface area contributed by atoms with Crippen LogP contribution in [0.4, 0.5) is 5.69 Å². The highest BCUT2D eigenvalue weighted by atomic mass is 32.1. The van der Waals surface area contributed by atoms with Crippen LogP contribution in [0, 0.1) is 10.1 Å². The standard InChI is InChI=1S/C20H16N4O6S/c1-28-14-9-12(10-15(29-2)17(14)30-3)18-21-20-23(22-18)19(25)16(31-20)8-11-5-4-6-13(7-11)24(26)27/h4-10H,1-3H3/b16-8-. The predicted octanol–water partition coefficient (Wildman–Crippen LogP) is 2.30. The Morgan fingerprint density at radius 3 is 2.39 bits per heavy atom. The molecule has 0 saturated carbocycles. The second-order valence-corrected chi connectivity index (χ2v) is 7.32. The van der Waals surface area contributed by atoms with Crippen LogP contribution in [0.1, 0.15) is 5.56 Å². The van der Waals surface area contributed by atoms with Crippen molar-refractivity contribution >= 4 is 28.1 Å². The Morgan fingerprint density at radius 2 is 1.81 bits per heavy atom. The number of aromatic nitrogens is 3. The third-order valence-electron chi connectivity index (χ3n) is 4.48. The summed E-state index contributed by atoms with van der Waals surface area (Å²) in [5.41, 5.74) is 0.720. The Hall–Kier alpha value is -3.99. The van der Waals surface area contributed by atoms with E-state index in [4.69, 9.17) is 14.2 Å². The van der Waals surface area contributed by atoms with Crippen LogP contribution in [0.5, 0.6) is 17.2 Å². The fourth-order valence-electron chi connectivity index (χ4n) is 3.05. The van der Waals surface area contributed by atoms with Gasteiger partial charge in [-0.2, -0.15) is 9.50 Å². The van der Waals surface area contributed by atoms with Gasteiger partial charge in [0.05, 0.1) is 30.8 Å². The van der Waals surface area contributed by atoms with Crippen LogP contribution in [0.2, 0.25) is 0 Å². The van der Waals surface area contributed by atoms with E-state index in [0.29, 0.717) is 43.7 Å². The van der Waals surface area contributed by atoms with E-state index in [1.54, 1.807) is 30.3 Å². The highest BCUT2D eigenvalue weighted by molar-refractivity contribution is 7.15. The van der Waals surface area contributed by atoms with Gasteiger partial charge >= 0.3 is 0 Å². The fraction of sp³-hybridized carbons (Fsp3) is 0.150. The van der Waals surface area contributed by atoms with Crippen LogP contribution in [-0.4, -0.2) is 40.9 Å². The average Bonchev–Trinajstić information content (AvgIpc) is 3.32. The number of fused-ring (bicyclic) bond motifs is 1. The van der Waals surface area contributed by atoms with Crippen molar-refractivity contribution in [1.82, 2.24) is 14.6 Å². The lowest BCUT2D eigenvalue weighted by atomic mass is 10.1. The van der Waals surface area contributed by atoms with Crippen LogP contribution in [0.15, 0.2) is 41.2 Å². The maximum absolute atomic E-state index is 12.8. The van der Waals surface area contributed by atoms with E-state index in [1.165, 1.54) is 38.0 Å². The third kappa shape index (κ3) is 3.66. The van der Waals surface area contributed by atoms with E-state index in [2.05, 4.69) is 10.1 Å². The lowest BCUT2D eigenvalue weighted by Crippen LogP contribution is -2.23. The molecule has 0 fully saturated rings. The summed E-state index contributed by atoms with van der Waals surface area (Å²) in [5.74, 6) is 1.65. The maximum atomic E-state index is 12.8. The Bertz CT molecular complexity index is 1390. The summed E-state index contributed by atoms with van der Waals surface area (Å²) in [4.78, 5) is 28.1. The first-order valence-electron chi connectivity index (χ1n) is 8.91. The second kappa shape index (κ2) is 8.03. The topological polar surface area (TPSA) is 118 Å². The summed E-state index contributed by atoms with van der Waals surface area (Å²) < 4.78 is 17.6. The molecule has 0 unspecified atom stereocenters. The van der Waals surface area contributed by atoms with Crippen LogP contribution in [0.25, 0.3) is 22.4 Å². The SMILES string of the molecule is COc1cc(-c2nc3s/c(=C\c4cccc([N+](=O)[O-])c4)c(=O)n3n2)cc(OC)c1OC. The van der Waals surface area contributed by atoms with E-state index in [9.17, 15) is 14.9 Å². The zero-order valence-corrected chi connectivity index (χ0v) is 17.5. The first-order valence-corrected chi connectivity index (χ1v) is 9.73. The first-order chi connectivity index (χ1) is 14.9. The van der Waals surface area contributed by atoms with Crippen molar-refractivity contribution in [1.29, 1.82) is 0 Å². The lowest BCUT2D eigenvalue weighted by molar-refractivity contribution is -0.384. The number of benzene rings is 2. The van der Waals surface area contributed by atoms with Crippen molar-refractivity contribution in [3.63, 3.8) is 0 Å². The molecule has 0 aliphatic rings. The number of non-ortho nitro benzene ring substituents is 1. The van der Waals surface area contributed by atoms with Crippen LogP contribution in [-0.2, 0) is 0 Å². The molecule has 0 aliphatic carbocycles. The molecule has 158 valence electrons. The summed E-state index contributed by atoms with van der Waals surface area (Å²) in [7, 11) is 4.52. The summed E-state index contributed by atoms with van der Waals surface area (Å²) in [6.45, 7) is 0. The minimum atomic E-state index is -0.484. The molecule has 10 nitrogen and oxygen atoms in total. The van der Waals surface area contributed by atoms with Gasteiger partial charge in [-0.25, -0.2) is 0 Å². The van der Waals surface area contributed by atoms with Crippen molar-refractivity contribution in [2.24, 2.45) is 0 Å². The molecule has 0 spiro atoms. The maximum Gasteiger partial charge on any atom is 0.291 e. The van der Waals surface area contributed by atoms with Crippen LogP contribution in [0.3, 0.4) is 0 Å². The van der Waals surface area contributed by atoms with Gasteiger partial charge in [0.1, 0.15) is 0 Å². The molecular weight excluding hydrogens is 424 g/mol. The minimum Gasteiger partial charge on any atom is -0.493 e. The van der Waals surface area contributed by atoms with Crippen molar-refractivity contribution in [3.8, 4) is 28.6 Å². The minimum absolute atomic E-state index is 0.0506. The molecule has 0 amide bonds. The number of nitro groups is 1. The van der Waals surface area contributed by atoms with E-state index in [0.717, 1.165) is 11.3 Å². The smallest absolute Gasteiger partial charge is 0.291 e. The number of hydrogen-bond acceptors (Lipinski definition) is 9. The van der Waals surface area contributed by atoms with Gasteiger partial charge in [0.2, 0.25) is 10.7 Å². The molecule has 2 aromatic heterocycles. The number of nitrogens with zero attached hydrogens (tertiary/aromatic N) is 4. The van der Waals surface area contributed by atoms with Gasteiger partial charge in [-0.05, 0) is 23.8 Å². The molecule has 4 aromatic rings. The highest BCUT2D eigenvalue weighted by Gasteiger charge is 2.18. The molecule has 4 rings (SSSR count). The van der Waals surface area contributed by atoms with Gasteiger partial charge in [0.25, 0.3) is 11.2 Å². The Morgan fingerprint density at radius 1 is 1.10 bits per heavy atom. The summed E-state index contributed by atoms with van der Waals surface area (Å²) in [6, 6.07) is 9.43. The summed E-state index contributed by atoms with van der Waals surface area (Å²) in [5, 5.41) is 15.3. The van der Waals surface area contributed by atoms with Gasteiger partial charge in [-0.3, -0.25) is 14.9 Å². The molecule has 0 bridgehead atoms. The average molecular weight is 440 g/mol. The van der Waals surface area contributed by atoms with Gasteiger partial charge in [0.15, 0.2) is 17.3 Å². The predicted molar refractivity (Wildman–Crippen MR) is 114 cm³/mol. The van der Waals surface area contributed by atoms with Gasteiger partial charge in [-0.15, -0.1) is 5.10 Å². The molecule has 0 aliphatic heterocycles. The molecule has 0 atom stereocenters. The van der Waals surface area contributed by atoms with Gasteiger partial charge in [0, 0.05) is 17.7 Å². The van der Waals surface area contributed by atoms with Crippen molar-refractivity contribution < 1.29 is 19.1 Å². The Kier molecular flexibility index (Phi) is 5.26. The Labute approximate surface area is 179 Å². The van der Waals surface area contributed by atoms with Crippen molar-refractivity contribution in [3.05, 3.63) is 67.0 Å². The molecule has 31 heavy (non-hydrogen) atoms. The molecule has 0 N–H and O–H groups in total. The van der Waals surface area contributed by atoms with Gasteiger partial charge < -0.3 is 14.2 Å². The summed E-state index contributed by atoms with van der Waals surface area (Å²) in [6.07, 6.45) is 1.58. The largest absolute Gasteiger partial charge is 0.493 e. The fourth-order valence-corrected chi connectivity index (χ4v) is 3.95. The van der Waals surface area contributed by atoms with Crippen molar-refractivity contribution in [2.45, 2.75) is 0 Å². The zero-order valence-electron chi connectivity index (χ0n) is 16.7. The number of ether oxygens (including phenoxy) is 3. The quantitative estimate of drug-likeness (QED) is 0.331. The molecular formula is C20H16N4O6S. The molecule has 0 radical (unpaired) electrons. The molecule has 0 saturated heterocycles. The van der Waals surface area contributed by atoms with Gasteiger partial charge in [-0.1, -0.05) is 23.5 Å². The van der Waals surface area contributed by atoms with Crippen LogP contribution >= 0.6 is 11.3 Å². The van der Waals surface area contributed by atoms with Crippen molar-refractivity contribution in [2.75, 3.05) is 21.3 Å². The number of thiazole rings is 1. The lowest BCUT2D eigenvalue weighted by Gasteiger charge is -2.12. The van der Waals surface area contributed by atoms with E-state index in [1.807, 2.05) is 0 Å². The zero-order chi connectivity index (χ0) is 22.1. The Balaban J connectivity index is 1.79. The number of rotatable bonds is 6. The number of methoxy groups -OCH3 is 3. The second-order valence-electron chi connectivity index (χ2n) is 6.31. The molecule has 2 heterocycles. The summed E-state index contributed by atoms with van der Waals surface area (Å²) >= 11 is 1.14. The molecule has 2 aromatic carbocycles. The van der Waals surface area contributed by atoms with E-state index < -0.39 is 4.92 Å². The monoisotopic (exact) mass is 440 g/mol. The van der Waals surface area contributed by atoms with Crippen LogP contribution < -0.4 is 24.3 Å². The van der Waals surface area contributed by atoms with E-state index in [-0.39, 0.29) is 11.2 Å². The molecule has 11 heteroatoms. The number of hydrogen-bond donors (Lipinski definition) is 0.